The Kier molecular flexibility index (Phi) is 7.47. The lowest BCUT2D eigenvalue weighted by Gasteiger charge is -2.19. The third-order valence-corrected chi connectivity index (χ3v) is 7.11. The van der Waals surface area contributed by atoms with Crippen LogP contribution >= 0.6 is 11.8 Å². The van der Waals surface area contributed by atoms with E-state index in [1.54, 1.807) is 31.3 Å². The molecule has 1 N–H and O–H groups in total. The molecule has 34 heavy (non-hydrogen) atoms. The smallest absolute Gasteiger partial charge is 0.243 e. The molecule has 6 heteroatoms. The number of nitrogens with zero attached hydrogens (tertiary/aromatic N) is 1. The van der Waals surface area contributed by atoms with E-state index >= 15 is 0 Å². The predicted molar refractivity (Wildman–Crippen MR) is 138 cm³/mol. The van der Waals surface area contributed by atoms with E-state index in [4.69, 9.17) is 9.15 Å². The van der Waals surface area contributed by atoms with Crippen molar-refractivity contribution in [2.45, 2.75) is 50.0 Å². The summed E-state index contributed by atoms with van der Waals surface area (Å²) in [4.78, 5) is 12.6. The number of benzene rings is 2. The minimum atomic E-state index is -0.0242. The van der Waals surface area contributed by atoms with Crippen molar-refractivity contribution in [3.05, 3.63) is 88.9 Å². The highest BCUT2D eigenvalue weighted by molar-refractivity contribution is 7.97. The molecule has 5 nitrogen and oxygen atoms in total. The third-order valence-electron chi connectivity index (χ3n) is 6.11. The number of furan rings is 1. The standard InChI is InChI=1S/C28H32N2O3S/c1-28(2,3)22-10-8-20(9-11-22)24-15-25(24)27(31)30-29-16-19-7-12-26(32-4)21(14-19)17-34-18-23-6-5-13-33-23/h5-14,16,24-25H,15,17-18H2,1-4H3,(H,30,31)/t24-,25-/m0/s1. The number of ether oxygens (including phenoxy) is 1. The molecule has 0 spiro atoms. The van der Waals surface area contributed by atoms with E-state index in [2.05, 4.69) is 55.6 Å². The number of hydrogen-bond acceptors (Lipinski definition) is 5. The van der Waals surface area contributed by atoms with Crippen LogP contribution in [-0.4, -0.2) is 19.2 Å². The first-order chi connectivity index (χ1) is 16.3. The molecule has 1 aliphatic rings. The number of hydrogen-bond donors (Lipinski definition) is 1. The van der Waals surface area contributed by atoms with E-state index < -0.39 is 0 Å². The molecule has 1 fully saturated rings. The minimum absolute atomic E-state index is 0.0120. The lowest BCUT2D eigenvalue weighted by Crippen LogP contribution is -2.20. The van der Waals surface area contributed by atoms with E-state index in [-0.39, 0.29) is 23.2 Å². The van der Waals surface area contributed by atoms with Gasteiger partial charge in [0, 0.05) is 17.2 Å². The summed E-state index contributed by atoms with van der Waals surface area (Å²) in [6.45, 7) is 6.62. The zero-order chi connectivity index (χ0) is 24.1. The summed E-state index contributed by atoms with van der Waals surface area (Å²) in [6, 6.07) is 18.4. The number of thioether (sulfide) groups is 1. The number of methoxy groups -OCH3 is 1. The highest BCUT2D eigenvalue weighted by Gasteiger charge is 2.44. The number of rotatable bonds is 9. The van der Waals surface area contributed by atoms with Crippen molar-refractivity contribution in [1.29, 1.82) is 0 Å². The van der Waals surface area contributed by atoms with E-state index in [1.165, 1.54) is 11.1 Å². The molecule has 178 valence electrons. The molecule has 1 aromatic heterocycles. The van der Waals surface area contributed by atoms with Crippen molar-refractivity contribution in [1.82, 2.24) is 5.43 Å². The van der Waals surface area contributed by atoms with Gasteiger partial charge in [0.2, 0.25) is 5.91 Å². The molecule has 4 rings (SSSR count). The van der Waals surface area contributed by atoms with Crippen LogP contribution in [0.4, 0.5) is 0 Å². The largest absolute Gasteiger partial charge is 0.496 e. The highest BCUT2D eigenvalue weighted by Crippen LogP contribution is 2.47. The molecule has 0 saturated heterocycles. The summed E-state index contributed by atoms with van der Waals surface area (Å²) in [7, 11) is 1.67. The van der Waals surface area contributed by atoms with Gasteiger partial charge in [-0.15, -0.1) is 11.8 Å². The van der Waals surface area contributed by atoms with Gasteiger partial charge in [0.15, 0.2) is 0 Å². The summed E-state index contributed by atoms with van der Waals surface area (Å²) in [5, 5.41) is 4.21. The highest BCUT2D eigenvalue weighted by atomic mass is 32.2. The fourth-order valence-corrected chi connectivity index (χ4v) is 4.90. The number of carbonyl (C=O) groups excluding carboxylic acids is 1. The SMILES string of the molecule is COc1ccc(C=NNC(=O)[C@H]2C[C@H]2c2ccc(C(C)(C)C)cc2)cc1CSCc1ccco1. The van der Waals surface area contributed by atoms with Gasteiger partial charge in [-0.05, 0) is 64.8 Å². The molecule has 0 aliphatic heterocycles. The lowest BCUT2D eigenvalue weighted by molar-refractivity contribution is -0.122. The van der Waals surface area contributed by atoms with Crippen LogP contribution in [0, 0.1) is 5.92 Å². The van der Waals surface area contributed by atoms with Crippen molar-refractivity contribution in [3.8, 4) is 5.75 Å². The molecule has 2 atom stereocenters. The fourth-order valence-electron chi connectivity index (χ4n) is 3.98. The Labute approximate surface area is 206 Å². The van der Waals surface area contributed by atoms with Gasteiger partial charge in [-0.1, -0.05) is 45.0 Å². The van der Waals surface area contributed by atoms with E-state index in [1.807, 2.05) is 30.3 Å². The maximum Gasteiger partial charge on any atom is 0.243 e. The fraction of sp³-hybridized carbons (Fsp3) is 0.357. The number of nitrogens with one attached hydrogen (secondary N) is 1. The summed E-state index contributed by atoms with van der Waals surface area (Å²) >= 11 is 1.76. The Balaban J connectivity index is 1.30. The average molecular weight is 477 g/mol. The van der Waals surface area contributed by atoms with Crippen LogP contribution in [-0.2, 0) is 21.7 Å². The maximum atomic E-state index is 12.6. The van der Waals surface area contributed by atoms with Crippen LogP contribution in [0.3, 0.4) is 0 Å². The van der Waals surface area contributed by atoms with Gasteiger partial charge in [0.1, 0.15) is 11.5 Å². The monoisotopic (exact) mass is 476 g/mol. The Morgan fingerprint density at radius 1 is 1.18 bits per heavy atom. The summed E-state index contributed by atoms with van der Waals surface area (Å²) in [6.07, 6.45) is 4.25. The second kappa shape index (κ2) is 10.5. The Hall–Kier alpha value is -2.99. The van der Waals surface area contributed by atoms with Crippen LogP contribution in [0.25, 0.3) is 0 Å². The maximum absolute atomic E-state index is 12.6. The second-order valence-corrected chi connectivity index (χ2v) is 10.7. The van der Waals surface area contributed by atoms with Crippen molar-refractivity contribution < 1.29 is 13.9 Å². The predicted octanol–water partition coefficient (Wildman–Crippen LogP) is 6.27. The first-order valence-electron chi connectivity index (χ1n) is 11.6. The van der Waals surface area contributed by atoms with Crippen LogP contribution in [0.2, 0.25) is 0 Å². The van der Waals surface area contributed by atoms with E-state index in [0.717, 1.165) is 40.6 Å². The zero-order valence-electron chi connectivity index (χ0n) is 20.2. The van der Waals surface area contributed by atoms with Crippen molar-refractivity contribution in [3.63, 3.8) is 0 Å². The van der Waals surface area contributed by atoms with E-state index in [9.17, 15) is 4.79 Å². The Morgan fingerprint density at radius 2 is 1.97 bits per heavy atom. The number of hydrazone groups is 1. The minimum Gasteiger partial charge on any atom is -0.496 e. The average Bonchev–Trinajstić information content (AvgIpc) is 3.46. The second-order valence-electron chi connectivity index (χ2n) is 9.70. The van der Waals surface area contributed by atoms with Crippen LogP contribution in [0.5, 0.6) is 5.75 Å². The van der Waals surface area contributed by atoms with Crippen molar-refractivity contribution in [2.75, 3.05) is 7.11 Å². The normalized spacial score (nSPS) is 17.6. The molecule has 0 unspecified atom stereocenters. The van der Waals surface area contributed by atoms with Crippen molar-refractivity contribution in [2.24, 2.45) is 11.0 Å². The molecule has 3 aromatic rings. The summed E-state index contributed by atoms with van der Waals surface area (Å²) < 4.78 is 10.9. The molecule has 1 aliphatic carbocycles. The van der Waals surface area contributed by atoms with Crippen LogP contribution < -0.4 is 10.2 Å². The van der Waals surface area contributed by atoms with Gasteiger partial charge in [-0.25, -0.2) is 5.43 Å². The summed E-state index contributed by atoms with van der Waals surface area (Å²) in [5.41, 5.74) is 7.38. The molecule has 2 aromatic carbocycles. The zero-order valence-corrected chi connectivity index (χ0v) is 21.0. The molecular weight excluding hydrogens is 444 g/mol. The lowest BCUT2D eigenvalue weighted by atomic mass is 9.86. The van der Waals surface area contributed by atoms with Gasteiger partial charge in [0.25, 0.3) is 0 Å². The number of amides is 1. The molecule has 0 bridgehead atoms. The van der Waals surface area contributed by atoms with Gasteiger partial charge >= 0.3 is 0 Å². The molecular formula is C28H32N2O3S. The van der Waals surface area contributed by atoms with Gasteiger partial charge in [0.05, 0.1) is 25.3 Å². The topological polar surface area (TPSA) is 63.8 Å². The molecule has 1 amide bonds. The Bertz CT molecular complexity index is 1130. The van der Waals surface area contributed by atoms with Gasteiger partial charge in [-0.2, -0.15) is 5.10 Å². The quantitative estimate of drug-likeness (QED) is 0.292. The molecule has 0 radical (unpaired) electrons. The van der Waals surface area contributed by atoms with Crippen molar-refractivity contribution >= 4 is 23.9 Å². The van der Waals surface area contributed by atoms with Gasteiger partial charge < -0.3 is 9.15 Å². The van der Waals surface area contributed by atoms with E-state index in [0.29, 0.717) is 0 Å². The molecule has 1 saturated carbocycles. The third kappa shape index (κ3) is 6.11. The van der Waals surface area contributed by atoms with Crippen LogP contribution in [0.15, 0.2) is 70.4 Å². The first kappa shape index (κ1) is 24.1. The Morgan fingerprint density at radius 3 is 2.65 bits per heavy atom. The first-order valence-corrected chi connectivity index (χ1v) is 12.7. The number of carbonyl (C=O) groups is 1. The molecule has 1 heterocycles. The van der Waals surface area contributed by atoms with Crippen LogP contribution in [0.1, 0.15) is 61.1 Å². The van der Waals surface area contributed by atoms with Gasteiger partial charge in [-0.3, -0.25) is 4.79 Å². The summed E-state index contributed by atoms with van der Waals surface area (Å²) in [5.74, 6) is 3.62.